The van der Waals surface area contributed by atoms with Crippen molar-refractivity contribution in [2.75, 3.05) is 6.54 Å². The molecule has 1 rings (SSSR count). The number of carbonyl (C=O) groups is 6. The summed E-state index contributed by atoms with van der Waals surface area (Å²) in [6, 6.07) is 0. The van der Waals surface area contributed by atoms with Crippen LogP contribution in [0.15, 0.2) is 9.98 Å². The molecule has 17 nitrogen and oxygen atoms in total. The maximum Gasteiger partial charge on any atom is 0.780 e. The average molecular weight is 564 g/mol. The van der Waals surface area contributed by atoms with E-state index in [1.54, 1.807) is 6.92 Å². The monoisotopic (exact) mass is 563 g/mol. The zero-order chi connectivity index (χ0) is 28.6. The van der Waals surface area contributed by atoms with Crippen LogP contribution in [0.3, 0.4) is 0 Å². The molecule has 0 saturated heterocycles. The highest BCUT2D eigenvalue weighted by atomic mass is 28.4. The van der Waals surface area contributed by atoms with Gasteiger partial charge in [-0.1, -0.05) is 6.92 Å². The molecular weight excluding hydrogens is 534 g/mol. The fourth-order valence-electron chi connectivity index (χ4n) is 2.84. The summed E-state index contributed by atoms with van der Waals surface area (Å²) in [6.07, 6.45) is 0.511. The molecule has 0 radical (unpaired) electrons. The van der Waals surface area contributed by atoms with Crippen LogP contribution in [0, 0.1) is 0 Å². The highest BCUT2D eigenvalue weighted by Crippen LogP contribution is 2.26. The minimum atomic E-state index is -4.92. The Bertz CT molecular complexity index is 935. The number of hydrogen-bond donors (Lipinski definition) is 2. The van der Waals surface area contributed by atoms with Crippen LogP contribution in [0.4, 0.5) is 0 Å². The van der Waals surface area contributed by atoms with Crippen LogP contribution in [0.2, 0.25) is 0 Å². The first kappa shape index (κ1) is 31.2. The van der Waals surface area contributed by atoms with Crippen molar-refractivity contribution in [1.29, 1.82) is 0 Å². The second kappa shape index (κ2) is 12.9. The minimum absolute atomic E-state index is 0.155. The van der Waals surface area contributed by atoms with Crippen LogP contribution in [0.5, 0.6) is 0 Å². The molecule has 0 bridgehead atoms. The molecule has 1 atom stereocenters. The Hall–Kier alpha value is -3.85. The summed E-state index contributed by atoms with van der Waals surface area (Å²) in [7, 11) is -9.83. The van der Waals surface area contributed by atoms with Crippen molar-refractivity contribution >= 4 is 64.8 Å². The van der Waals surface area contributed by atoms with Gasteiger partial charge in [0, 0.05) is 48.1 Å². The minimum Gasteiger partial charge on any atom is -0.453 e. The predicted octanol–water partition coefficient (Wildman–Crippen LogP) is -1.41. The molecule has 0 aromatic heterocycles. The van der Waals surface area contributed by atoms with E-state index in [1.807, 2.05) is 0 Å². The molecule has 0 aromatic carbocycles. The Labute approximate surface area is 214 Å². The van der Waals surface area contributed by atoms with Crippen molar-refractivity contribution in [2.45, 2.75) is 60.7 Å². The van der Waals surface area contributed by atoms with Gasteiger partial charge in [0.25, 0.3) is 35.8 Å². The van der Waals surface area contributed by atoms with Crippen LogP contribution in [-0.4, -0.2) is 82.2 Å². The second-order valence-corrected chi connectivity index (χ2v) is 11.8. The van der Waals surface area contributed by atoms with Gasteiger partial charge in [-0.3, -0.25) is 33.8 Å². The molecule has 0 spiro atoms. The number of nitrogens with one attached hydrogen (secondary N) is 1. The van der Waals surface area contributed by atoms with Gasteiger partial charge in [0.2, 0.25) is 17.2 Å². The first-order valence-corrected chi connectivity index (χ1v) is 14.2. The van der Waals surface area contributed by atoms with Gasteiger partial charge >= 0.3 is 17.6 Å². The number of hydrogen-bond acceptors (Lipinski definition) is 15. The summed E-state index contributed by atoms with van der Waals surface area (Å²) in [4.78, 5) is 80.4. The van der Waals surface area contributed by atoms with Gasteiger partial charge < -0.3 is 31.9 Å². The first-order chi connectivity index (χ1) is 17.1. The smallest absolute Gasteiger partial charge is 0.453 e. The molecule has 1 unspecified atom stereocenters. The maximum atomic E-state index is 12.0. The fourth-order valence-corrected chi connectivity index (χ4v) is 7.46. The lowest BCUT2D eigenvalue weighted by atomic mass is 10.5. The Kier molecular flexibility index (Phi) is 10.9. The van der Waals surface area contributed by atoms with Crippen LogP contribution >= 0.6 is 0 Å². The fraction of sp³-hybridized carbons (Fsp3) is 0.556. The van der Waals surface area contributed by atoms with E-state index < -0.39 is 64.7 Å². The van der Waals surface area contributed by atoms with Gasteiger partial charge in [0.15, 0.2) is 0 Å². The molecule has 0 fully saturated rings. The molecule has 3 N–H and O–H groups in total. The van der Waals surface area contributed by atoms with E-state index in [1.165, 1.54) is 0 Å². The lowest BCUT2D eigenvalue weighted by molar-refractivity contribution is -0.151. The van der Waals surface area contributed by atoms with E-state index >= 15 is 0 Å². The van der Waals surface area contributed by atoms with Gasteiger partial charge in [-0.2, -0.15) is 0 Å². The molecule has 206 valence electrons. The van der Waals surface area contributed by atoms with Crippen molar-refractivity contribution in [3.05, 3.63) is 0 Å². The molecule has 37 heavy (non-hydrogen) atoms. The highest BCUT2D eigenvalue weighted by molar-refractivity contribution is 6.96. The van der Waals surface area contributed by atoms with Gasteiger partial charge in [-0.05, 0) is 6.42 Å². The van der Waals surface area contributed by atoms with Crippen molar-refractivity contribution < 1.29 is 55.3 Å². The highest BCUT2D eigenvalue weighted by Gasteiger charge is 2.68. The van der Waals surface area contributed by atoms with E-state index in [0.29, 0.717) is 6.42 Å². The number of nitrogens with two attached hydrogens (primary N) is 1. The predicted molar refractivity (Wildman–Crippen MR) is 125 cm³/mol. The van der Waals surface area contributed by atoms with Crippen LogP contribution in [0.1, 0.15) is 54.9 Å². The zero-order valence-electron chi connectivity index (χ0n) is 21.3. The van der Waals surface area contributed by atoms with E-state index in [0.717, 1.165) is 46.6 Å². The Morgan fingerprint density at radius 1 is 0.811 bits per heavy atom. The third kappa shape index (κ3) is 8.64. The van der Waals surface area contributed by atoms with E-state index in [4.69, 9.17) is 32.4 Å². The van der Waals surface area contributed by atoms with Crippen LogP contribution < -0.4 is 11.2 Å². The molecule has 19 heteroatoms. The number of aliphatic imine (C=N–C) groups is 2. The molecule has 1 heterocycles. The third-order valence-electron chi connectivity index (χ3n) is 3.77. The van der Waals surface area contributed by atoms with Gasteiger partial charge in [0.05, 0.1) is 0 Å². The number of amidine groups is 1. The topological polar surface area (TPSA) is 224 Å². The number of nitrogens with zero attached hydrogens (tertiary/aromatic N) is 3. The molecule has 0 saturated carbocycles. The molecule has 0 aromatic rings. The Balaban J connectivity index is 4.07. The first-order valence-electron chi connectivity index (χ1n) is 10.7. The number of rotatable bonds is 10. The standard InChI is InChI=1S/C18H29N5O12Si2/c1-8-9-20-16-21-17(36(30-10(2)24,31-11(3)25)32-12(4)26)22-18(23(16)19)37(33-13(5)27,34-14(6)28)35-15(7)29/h18H,8-9,19H2,1-7H3,(H,20,21,22). The van der Waals surface area contributed by atoms with Crippen LogP contribution in [-0.2, 0) is 55.3 Å². The third-order valence-corrected chi connectivity index (χ3v) is 9.03. The van der Waals surface area contributed by atoms with Crippen molar-refractivity contribution in [3.8, 4) is 0 Å². The largest absolute Gasteiger partial charge is 0.780 e. The summed E-state index contributed by atoms with van der Waals surface area (Å²) in [5.74, 6) is -2.11. The molecule has 1 aliphatic heterocycles. The molecule has 1 aliphatic rings. The zero-order valence-corrected chi connectivity index (χ0v) is 23.3. The summed E-state index contributed by atoms with van der Waals surface area (Å²) in [5.41, 5.74) is -0.585. The van der Waals surface area contributed by atoms with Gasteiger partial charge in [0.1, 0.15) is 0 Å². The average Bonchev–Trinajstić information content (AvgIpc) is 2.69. The molecular formula is C18H29N5O12Si2. The quantitative estimate of drug-likeness (QED) is 0.230. The van der Waals surface area contributed by atoms with Crippen molar-refractivity contribution in [3.63, 3.8) is 0 Å². The van der Waals surface area contributed by atoms with Crippen molar-refractivity contribution in [1.82, 2.24) is 10.3 Å². The second-order valence-electron chi connectivity index (χ2n) is 7.31. The number of guanidine groups is 1. The van der Waals surface area contributed by atoms with E-state index in [-0.39, 0.29) is 12.5 Å². The molecule has 0 amide bonds. The van der Waals surface area contributed by atoms with Crippen molar-refractivity contribution in [2.24, 2.45) is 15.8 Å². The van der Waals surface area contributed by atoms with Gasteiger partial charge in [-0.15, -0.1) is 0 Å². The SMILES string of the molecule is CCCN=C1NC([Si](OC(C)=O)(OC(C)=O)OC(C)=O)=NC([Si](OC(C)=O)(OC(C)=O)OC(C)=O)N1N. The Morgan fingerprint density at radius 3 is 1.51 bits per heavy atom. The van der Waals surface area contributed by atoms with Gasteiger partial charge in [-0.25, -0.2) is 15.8 Å². The summed E-state index contributed by atoms with van der Waals surface area (Å²) in [5, 5.41) is 3.33. The lowest BCUT2D eigenvalue weighted by Crippen LogP contribution is -2.74. The maximum absolute atomic E-state index is 12.0. The number of hydrazine groups is 1. The van der Waals surface area contributed by atoms with Crippen LogP contribution in [0.25, 0.3) is 0 Å². The van der Waals surface area contributed by atoms with E-state index in [9.17, 15) is 28.8 Å². The summed E-state index contributed by atoms with van der Waals surface area (Å²) >= 11 is 0. The summed E-state index contributed by atoms with van der Waals surface area (Å²) in [6.45, 7) is 7.63. The van der Waals surface area contributed by atoms with E-state index in [2.05, 4.69) is 15.3 Å². The molecule has 0 aliphatic carbocycles. The lowest BCUT2D eigenvalue weighted by Gasteiger charge is -2.39. The normalized spacial score (nSPS) is 16.5. The summed E-state index contributed by atoms with van der Waals surface area (Å²) < 4.78 is 31.2. The number of carbonyl (C=O) groups excluding carboxylic acids is 6. The Morgan fingerprint density at radius 2 is 1.19 bits per heavy atom.